The summed E-state index contributed by atoms with van der Waals surface area (Å²) < 4.78 is 36.0. The number of para-hydroxylation sites is 1. The van der Waals surface area contributed by atoms with E-state index in [4.69, 9.17) is 21.1 Å². The Morgan fingerprint density at radius 3 is 2.75 bits per heavy atom. The number of alkyl halides is 2. The number of carbonyl (C=O) groups excluding carboxylic acids is 1. The minimum Gasteiger partial charge on any atom is -0.486 e. The van der Waals surface area contributed by atoms with Crippen LogP contribution in [0.4, 0.5) is 14.5 Å². The SMILES string of the molecule is O=C(Nc1ccccc1SC(F)F)c1cc(Cl)c2c(c1)OCCO2. The first kappa shape index (κ1) is 16.9. The Labute approximate surface area is 146 Å². The van der Waals surface area contributed by atoms with Gasteiger partial charge in [0.1, 0.15) is 13.2 Å². The molecule has 126 valence electrons. The monoisotopic (exact) mass is 371 g/mol. The van der Waals surface area contributed by atoms with Crippen LogP contribution in [0, 0.1) is 0 Å². The molecule has 0 unspecified atom stereocenters. The van der Waals surface area contributed by atoms with Crippen LogP contribution in [0.1, 0.15) is 10.4 Å². The van der Waals surface area contributed by atoms with Gasteiger partial charge in [0.2, 0.25) is 0 Å². The molecule has 0 spiro atoms. The van der Waals surface area contributed by atoms with E-state index in [9.17, 15) is 13.6 Å². The third-order valence-corrected chi connectivity index (χ3v) is 4.28. The maximum atomic E-state index is 12.6. The number of halogens is 3. The predicted octanol–water partition coefficient (Wildman–Crippen LogP) is 4.68. The molecule has 0 atom stereocenters. The molecule has 1 aliphatic rings. The number of rotatable bonds is 4. The summed E-state index contributed by atoms with van der Waals surface area (Å²) in [6.07, 6.45) is 0. The summed E-state index contributed by atoms with van der Waals surface area (Å²) in [5, 5.41) is 2.88. The highest BCUT2D eigenvalue weighted by molar-refractivity contribution is 7.99. The summed E-state index contributed by atoms with van der Waals surface area (Å²) >= 11 is 6.48. The molecule has 1 amide bonds. The predicted molar refractivity (Wildman–Crippen MR) is 88.7 cm³/mol. The van der Waals surface area contributed by atoms with Gasteiger partial charge in [0.25, 0.3) is 11.7 Å². The number of hydrogen-bond acceptors (Lipinski definition) is 4. The van der Waals surface area contributed by atoms with Gasteiger partial charge in [0.15, 0.2) is 11.5 Å². The molecule has 24 heavy (non-hydrogen) atoms. The van der Waals surface area contributed by atoms with E-state index in [0.29, 0.717) is 42.2 Å². The van der Waals surface area contributed by atoms with Crippen molar-refractivity contribution >= 4 is 35.0 Å². The number of nitrogens with one attached hydrogen (secondary N) is 1. The molecule has 8 heteroatoms. The Bertz CT molecular complexity index is 773. The van der Waals surface area contributed by atoms with Crippen molar-refractivity contribution in [2.24, 2.45) is 0 Å². The molecule has 1 aliphatic heterocycles. The van der Waals surface area contributed by atoms with Crippen LogP contribution in [0.15, 0.2) is 41.3 Å². The van der Waals surface area contributed by atoms with Crippen molar-refractivity contribution in [1.82, 2.24) is 0 Å². The number of ether oxygens (including phenoxy) is 2. The maximum absolute atomic E-state index is 12.6. The standard InChI is InChI=1S/C16H12ClF2NO3S/c17-10-7-9(8-12-14(10)23-6-5-22-12)15(21)20-11-3-1-2-4-13(11)24-16(18)19/h1-4,7-8,16H,5-6H2,(H,20,21). The number of thioether (sulfide) groups is 1. The lowest BCUT2D eigenvalue weighted by atomic mass is 10.1. The lowest BCUT2D eigenvalue weighted by molar-refractivity contribution is 0.102. The molecule has 2 aromatic rings. The molecule has 0 saturated heterocycles. The molecule has 0 fully saturated rings. The minimum absolute atomic E-state index is 0.251. The number of fused-ring (bicyclic) bond motifs is 1. The fourth-order valence-corrected chi connectivity index (χ4v) is 3.07. The van der Waals surface area contributed by atoms with Crippen LogP contribution >= 0.6 is 23.4 Å². The summed E-state index contributed by atoms with van der Waals surface area (Å²) in [6, 6.07) is 9.32. The molecule has 2 aromatic carbocycles. The first-order valence-corrected chi connectivity index (χ1v) is 8.24. The van der Waals surface area contributed by atoms with Gasteiger partial charge in [0, 0.05) is 10.5 Å². The molecule has 1 heterocycles. The normalized spacial score (nSPS) is 13.0. The van der Waals surface area contributed by atoms with Crippen LogP contribution in [-0.2, 0) is 0 Å². The molecular weight excluding hydrogens is 360 g/mol. The first-order chi connectivity index (χ1) is 11.5. The van der Waals surface area contributed by atoms with E-state index in [1.54, 1.807) is 18.2 Å². The summed E-state index contributed by atoms with van der Waals surface area (Å²) in [7, 11) is 0. The van der Waals surface area contributed by atoms with Crippen molar-refractivity contribution in [1.29, 1.82) is 0 Å². The highest BCUT2D eigenvalue weighted by Crippen LogP contribution is 2.39. The Balaban J connectivity index is 1.85. The van der Waals surface area contributed by atoms with Gasteiger partial charge in [0.05, 0.1) is 10.7 Å². The summed E-state index contributed by atoms with van der Waals surface area (Å²) in [5.74, 6) is -2.27. The van der Waals surface area contributed by atoms with Gasteiger partial charge >= 0.3 is 0 Å². The Hall–Kier alpha value is -1.99. The Kier molecular flexibility index (Phi) is 5.11. The van der Waals surface area contributed by atoms with Crippen LogP contribution in [0.2, 0.25) is 5.02 Å². The second-order valence-electron chi connectivity index (χ2n) is 4.81. The van der Waals surface area contributed by atoms with Gasteiger partial charge in [-0.05, 0) is 24.3 Å². The second-order valence-corrected chi connectivity index (χ2v) is 6.25. The first-order valence-electron chi connectivity index (χ1n) is 6.99. The molecular formula is C16H12ClF2NO3S. The van der Waals surface area contributed by atoms with E-state index in [1.165, 1.54) is 18.2 Å². The molecule has 3 rings (SSSR count). The third kappa shape index (κ3) is 3.73. The van der Waals surface area contributed by atoms with Gasteiger partial charge in [-0.15, -0.1) is 0 Å². The molecule has 0 saturated carbocycles. The van der Waals surface area contributed by atoms with Gasteiger partial charge < -0.3 is 14.8 Å². The van der Waals surface area contributed by atoms with Gasteiger partial charge in [-0.2, -0.15) is 8.78 Å². The third-order valence-electron chi connectivity index (χ3n) is 3.21. The number of anilines is 1. The number of hydrogen-bond donors (Lipinski definition) is 1. The highest BCUT2D eigenvalue weighted by Gasteiger charge is 2.20. The zero-order chi connectivity index (χ0) is 17.1. The average molecular weight is 372 g/mol. The lowest BCUT2D eigenvalue weighted by Gasteiger charge is -2.20. The van der Waals surface area contributed by atoms with Crippen molar-refractivity contribution in [3.63, 3.8) is 0 Å². The fraction of sp³-hybridized carbons (Fsp3) is 0.188. The topological polar surface area (TPSA) is 47.6 Å². The van der Waals surface area contributed by atoms with E-state index in [-0.39, 0.29) is 15.5 Å². The van der Waals surface area contributed by atoms with E-state index < -0.39 is 11.7 Å². The molecule has 0 radical (unpaired) electrons. The zero-order valence-corrected chi connectivity index (χ0v) is 13.8. The fourth-order valence-electron chi connectivity index (χ4n) is 2.21. The van der Waals surface area contributed by atoms with Crippen molar-refractivity contribution < 1.29 is 23.0 Å². The summed E-state index contributed by atoms with van der Waals surface area (Å²) in [6.45, 7) is 0.749. The van der Waals surface area contributed by atoms with Gasteiger partial charge in [-0.3, -0.25) is 4.79 Å². The van der Waals surface area contributed by atoms with Crippen LogP contribution in [0.3, 0.4) is 0 Å². The maximum Gasteiger partial charge on any atom is 0.288 e. The molecule has 0 aromatic heterocycles. The van der Waals surface area contributed by atoms with Gasteiger partial charge in [-0.1, -0.05) is 35.5 Å². The highest BCUT2D eigenvalue weighted by atomic mass is 35.5. The quantitative estimate of drug-likeness (QED) is 0.793. The largest absolute Gasteiger partial charge is 0.486 e. The number of benzene rings is 2. The van der Waals surface area contributed by atoms with Crippen molar-refractivity contribution in [2.45, 2.75) is 10.7 Å². The van der Waals surface area contributed by atoms with E-state index in [2.05, 4.69) is 5.32 Å². The summed E-state index contributed by atoms with van der Waals surface area (Å²) in [4.78, 5) is 12.7. The smallest absolute Gasteiger partial charge is 0.288 e. The van der Waals surface area contributed by atoms with E-state index in [0.717, 1.165) is 0 Å². The van der Waals surface area contributed by atoms with Crippen LogP contribution in [0.5, 0.6) is 11.5 Å². The van der Waals surface area contributed by atoms with Crippen molar-refractivity contribution in [3.8, 4) is 11.5 Å². The van der Waals surface area contributed by atoms with Crippen LogP contribution < -0.4 is 14.8 Å². The Morgan fingerprint density at radius 1 is 1.21 bits per heavy atom. The Morgan fingerprint density at radius 2 is 1.96 bits per heavy atom. The lowest BCUT2D eigenvalue weighted by Crippen LogP contribution is -2.18. The van der Waals surface area contributed by atoms with E-state index >= 15 is 0 Å². The van der Waals surface area contributed by atoms with Crippen LogP contribution in [0.25, 0.3) is 0 Å². The average Bonchev–Trinajstić information content (AvgIpc) is 2.56. The minimum atomic E-state index is -2.58. The molecule has 4 nitrogen and oxygen atoms in total. The number of carbonyl (C=O) groups is 1. The summed E-state index contributed by atoms with van der Waals surface area (Å²) in [5.41, 5.74) is 0.555. The molecule has 0 aliphatic carbocycles. The van der Waals surface area contributed by atoms with Crippen molar-refractivity contribution in [2.75, 3.05) is 18.5 Å². The molecule has 1 N–H and O–H groups in total. The zero-order valence-electron chi connectivity index (χ0n) is 12.2. The second kappa shape index (κ2) is 7.27. The number of amides is 1. The van der Waals surface area contributed by atoms with Crippen LogP contribution in [-0.4, -0.2) is 24.9 Å². The van der Waals surface area contributed by atoms with Crippen molar-refractivity contribution in [3.05, 3.63) is 47.0 Å². The van der Waals surface area contributed by atoms with Gasteiger partial charge in [-0.25, -0.2) is 0 Å². The van der Waals surface area contributed by atoms with E-state index in [1.807, 2.05) is 0 Å². The molecule has 0 bridgehead atoms.